The number of fused-ring (bicyclic) bond motifs is 1. The Hall–Kier alpha value is -3.29. The minimum absolute atomic E-state index is 0.0310. The number of aliphatic hydroxyl groups excluding tert-OH is 1. The van der Waals surface area contributed by atoms with Gasteiger partial charge in [-0.25, -0.2) is 0 Å². The van der Waals surface area contributed by atoms with Crippen LogP contribution in [0, 0.1) is 6.92 Å². The molecule has 162 valence electrons. The summed E-state index contributed by atoms with van der Waals surface area (Å²) in [6.07, 6.45) is 0. The average molecular weight is 468 g/mol. The van der Waals surface area contributed by atoms with Gasteiger partial charge in [-0.1, -0.05) is 17.7 Å². The molecular weight excluding hydrogens is 450 g/mol. The number of rotatable bonds is 3. The molecule has 0 saturated carbocycles. The third-order valence-electron chi connectivity index (χ3n) is 5.49. The van der Waals surface area contributed by atoms with E-state index in [4.69, 9.17) is 21.1 Å². The third-order valence-corrected chi connectivity index (χ3v) is 6.65. The number of carbonyl (C=O) groups excluding carboxylic acids is 2. The van der Waals surface area contributed by atoms with Gasteiger partial charge < -0.3 is 14.6 Å². The summed E-state index contributed by atoms with van der Waals surface area (Å²) in [5, 5.41) is 13.6. The molecule has 1 saturated heterocycles. The number of anilines is 1. The molecule has 2 aliphatic heterocycles. The summed E-state index contributed by atoms with van der Waals surface area (Å²) in [7, 11) is 0. The Bertz CT molecular complexity index is 1270. The van der Waals surface area contributed by atoms with Gasteiger partial charge in [0.1, 0.15) is 25.0 Å². The number of ether oxygens (including phenoxy) is 2. The summed E-state index contributed by atoms with van der Waals surface area (Å²) in [5.74, 6) is -0.651. The normalized spacial score (nSPS) is 19.4. The highest BCUT2D eigenvalue weighted by Gasteiger charge is 2.47. The van der Waals surface area contributed by atoms with E-state index in [9.17, 15) is 14.7 Å². The Morgan fingerprint density at radius 3 is 2.59 bits per heavy atom. The highest BCUT2D eigenvalue weighted by molar-refractivity contribution is 7.10. The lowest BCUT2D eigenvalue weighted by Gasteiger charge is -2.26. The zero-order valence-electron chi connectivity index (χ0n) is 17.0. The number of aliphatic hydroxyl groups is 1. The Kier molecular flexibility index (Phi) is 5.15. The van der Waals surface area contributed by atoms with Crippen LogP contribution in [0.5, 0.6) is 11.5 Å². The summed E-state index contributed by atoms with van der Waals surface area (Å²) in [4.78, 5) is 28.6. The number of aryl methyl sites for hydroxylation is 1. The van der Waals surface area contributed by atoms with Crippen molar-refractivity contribution in [3.05, 3.63) is 80.5 Å². The molecule has 0 radical (unpaired) electrons. The molecule has 3 aromatic rings. The number of benzene rings is 2. The van der Waals surface area contributed by atoms with Gasteiger partial charge in [0.2, 0.25) is 0 Å². The quantitative estimate of drug-likeness (QED) is 0.329. The molecule has 0 spiro atoms. The standard InChI is InChI=1S/C24H18ClNO5S/c1-13-11-15(25)5-6-16(13)26-21(19-3-2-10-32-19)20(23(28)24(26)29)22(27)14-4-7-17-18(12-14)31-9-8-30-17/h2-7,10-12,21,27H,8-9H2,1H3/b22-20-. The second-order valence-corrected chi connectivity index (χ2v) is 8.89. The first-order valence-corrected chi connectivity index (χ1v) is 11.2. The maximum Gasteiger partial charge on any atom is 0.300 e. The number of hydrogen-bond acceptors (Lipinski definition) is 6. The zero-order chi connectivity index (χ0) is 22.4. The summed E-state index contributed by atoms with van der Waals surface area (Å²) in [5.41, 5.74) is 1.72. The maximum atomic E-state index is 13.2. The van der Waals surface area contributed by atoms with Crippen molar-refractivity contribution in [3.8, 4) is 11.5 Å². The fourth-order valence-electron chi connectivity index (χ4n) is 4.03. The lowest BCUT2D eigenvalue weighted by Crippen LogP contribution is -2.29. The van der Waals surface area contributed by atoms with Gasteiger partial charge in [-0.3, -0.25) is 14.5 Å². The van der Waals surface area contributed by atoms with Crippen LogP contribution in [0.3, 0.4) is 0 Å². The number of thiophene rings is 1. The van der Waals surface area contributed by atoms with Crippen molar-refractivity contribution in [2.24, 2.45) is 0 Å². The van der Waals surface area contributed by atoms with Crippen LogP contribution in [0.15, 0.2) is 59.5 Å². The van der Waals surface area contributed by atoms with Gasteiger partial charge in [0.05, 0.1) is 5.57 Å². The number of amides is 1. The fourth-order valence-corrected chi connectivity index (χ4v) is 5.08. The van der Waals surface area contributed by atoms with Crippen molar-refractivity contribution >= 4 is 46.1 Å². The Morgan fingerprint density at radius 1 is 1.09 bits per heavy atom. The molecule has 6 nitrogen and oxygen atoms in total. The monoisotopic (exact) mass is 467 g/mol. The first-order chi connectivity index (χ1) is 15.5. The van der Waals surface area contributed by atoms with E-state index in [0.717, 1.165) is 10.4 Å². The van der Waals surface area contributed by atoms with E-state index < -0.39 is 17.7 Å². The largest absolute Gasteiger partial charge is 0.507 e. The van der Waals surface area contributed by atoms with E-state index in [1.54, 1.807) is 36.4 Å². The minimum atomic E-state index is -0.761. The summed E-state index contributed by atoms with van der Waals surface area (Å²) in [6, 6.07) is 13.0. The molecule has 3 heterocycles. The van der Waals surface area contributed by atoms with Crippen molar-refractivity contribution in [2.45, 2.75) is 13.0 Å². The highest BCUT2D eigenvalue weighted by Crippen LogP contribution is 2.45. The van der Waals surface area contributed by atoms with Crippen LogP contribution in [-0.2, 0) is 9.59 Å². The smallest absolute Gasteiger partial charge is 0.300 e. The van der Waals surface area contributed by atoms with Gasteiger partial charge in [-0.15, -0.1) is 11.3 Å². The van der Waals surface area contributed by atoms with Crippen molar-refractivity contribution in [1.29, 1.82) is 0 Å². The molecule has 0 aliphatic carbocycles. The van der Waals surface area contributed by atoms with E-state index >= 15 is 0 Å². The van der Waals surface area contributed by atoms with Crippen LogP contribution in [-0.4, -0.2) is 30.0 Å². The van der Waals surface area contributed by atoms with E-state index in [0.29, 0.717) is 41.0 Å². The molecule has 32 heavy (non-hydrogen) atoms. The molecule has 1 fully saturated rings. The van der Waals surface area contributed by atoms with Gasteiger partial charge in [-0.2, -0.15) is 0 Å². The van der Waals surface area contributed by atoms with E-state index in [2.05, 4.69) is 0 Å². The highest BCUT2D eigenvalue weighted by atomic mass is 35.5. The number of carbonyl (C=O) groups is 2. The second-order valence-electron chi connectivity index (χ2n) is 7.47. The van der Waals surface area contributed by atoms with Gasteiger partial charge in [-0.05, 0) is 60.3 Å². The van der Waals surface area contributed by atoms with Gasteiger partial charge >= 0.3 is 0 Å². The topological polar surface area (TPSA) is 76.1 Å². The summed E-state index contributed by atoms with van der Waals surface area (Å²) in [6.45, 7) is 2.67. The third kappa shape index (κ3) is 3.34. The van der Waals surface area contributed by atoms with E-state index in [-0.39, 0.29) is 11.3 Å². The van der Waals surface area contributed by atoms with Crippen molar-refractivity contribution in [3.63, 3.8) is 0 Å². The number of nitrogens with zero attached hydrogens (tertiary/aromatic N) is 1. The SMILES string of the molecule is Cc1cc(Cl)ccc1N1C(=O)C(=O)/C(=C(\O)c2ccc3c(c2)OCCO3)C1c1cccs1. The van der Waals surface area contributed by atoms with Gasteiger partial charge in [0.15, 0.2) is 11.5 Å². The Morgan fingerprint density at radius 2 is 1.88 bits per heavy atom. The predicted molar refractivity (Wildman–Crippen MR) is 123 cm³/mol. The van der Waals surface area contributed by atoms with Crippen molar-refractivity contribution in [2.75, 3.05) is 18.1 Å². The molecule has 5 rings (SSSR count). The van der Waals surface area contributed by atoms with E-state index in [1.165, 1.54) is 16.2 Å². The van der Waals surface area contributed by atoms with E-state index in [1.807, 2.05) is 24.4 Å². The van der Waals surface area contributed by atoms with Crippen LogP contribution in [0.25, 0.3) is 5.76 Å². The molecule has 2 aromatic carbocycles. The van der Waals surface area contributed by atoms with Gasteiger partial charge in [0, 0.05) is 21.2 Å². The number of ketones is 1. The molecule has 1 amide bonds. The molecule has 1 N–H and O–H groups in total. The van der Waals surface area contributed by atoms with Crippen molar-refractivity contribution < 1.29 is 24.2 Å². The summed E-state index contributed by atoms with van der Waals surface area (Å²) >= 11 is 7.51. The lowest BCUT2D eigenvalue weighted by atomic mass is 9.99. The van der Waals surface area contributed by atoms with Crippen molar-refractivity contribution in [1.82, 2.24) is 0 Å². The number of Topliss-reactive ketones (excluding diaryl/α,β-unsaturated/α-hetero) is 1. The Balaban J connectivity index is 1.68. The lowest BCUT2D eigenvalue weighted by molar-refractivity contribution is -0.132. The minimum Gasteiger partial charge on any atom is -0.507 e. The van der Waals surface area contributed by atoms with Crippen LogP contribution in [0.1, 0.15) is 22.0 Å². The molecule has 1 atom stereocenters. The first-order valence-electron chi connectivity index (χ1n) is 9.96. The number of halogens is 1. The van der Waals surface area contributed by atoms with Crippen LogP contribution >= 0.6 is 22.9 Å². The molecule has 1 aromatic heterocycles. The first kappa shape index (κ1) is 20.6. The maximum absolute atomic E-state index is 13.2. The summed E-state index contributed by atoms with van der Waals surface area (Å²) < 4.78 is 11.1. The van der Waals surface area contributed by atoms with Crippen LogP contribution < -0.4 is 14.4 Å². The Labute approximate surface area is 193 Å². The predicted octanol–water partition coefficient (Wildman–Crippen LogP) is 5.11. The fraction of sp³-hybridized carbons (Fsp3) is 0.167. The van der Waals surface area contributed by atoms with Gasteiger partial charge in [0.25, 0.3) is 11.7 Å². The molecule has 0 bridgehead atoms. The zero-order valence-corrected chi connectivity index (χ0v) is 18.6. The second kappa shape index (κ2) is 8.00. The molecule has 1 unspecified atom stereocenters. The molecular formula is C24H18ClNO5S. The average Bonchev–Trinajstić information content (AvgIpc) is 3.40. The van der Waals surface area contributed by atoms with Crippen LogP contribution in [0.2, 0.25) is 5.02 Å². The molecule has 8 heteroatoms. The molecule has 2 aliphatic rings. The number of hydrogen-bond donors (Lipinski definition) is 1. The van der Waals surface area contributed by atoms with Crippen LogP contribution in [0.4, 0.5) is 5.69 Å².